The Morgan fingerprint density at radius 1 is 1.16 bits per heavy atom. The van der Waals surface area contributed by atoms with Crippen LogP contribution in [0.25, 0.3) is 11.3 Å². The number of carbonyl (C=O) groups excluding carboxylic acids is 2. The molecule has 0 radical (unpaired) electrons. The Morgan fingerprint density at radius 2 is 2.00 bits per heavy atom. The summed E-state index contributed by atoms with van der Waals surface area (Å²) in [6, 6.07) is 5.19. The molecule has 2 amide bonds. The third kappa shape index (κ3) is 5.53. The lowest BCUT2D eigenvalue weighted by Gasteiger charge is -2.06. The highest BCUT2D eigenvalue weighted by Gasteiger charge is 2.19. The van der Waals surface area contributed by atoms with Crippen molar-refractivity contribution in [2.45, 2.75) is 19.4 Å². The Kier molecular flexibility index (Phi) is 7.10. The zero-order valence-electron chi connectivity index (χ0n) is 17.4. The molecule has 160 valence electrons. The van der Waals surface area contributed by atoms with Gasteiger partial charge in [0.25, 0.3) is 11.8 Å². The van der Waals surface area contributed by atoms with Crippen LogP contribution in [0.2, 0.25) is 0 Å². The molecular weight excluding hydrogens is 394 g/mol. The largest absolute Gasteiger partial charge is 0.347 e. The summed E-state index contributed by atoms with van der Waals surface area (Å²) in [6.07, 6.45) is 10.5. The molecule has 3 aromatic heterocycles. The van der Waals surface area contributed by atoms with E-state index < -0.39 is 11.8 Å². The monoisotopic (exact) mass is 419 g/mol. The molecule has 0 aliphatic rings. The van der Waals surface area contributed by atoms with Gasteiger partial charge in [0, 0.05) is 38.1 Å². The van der Waals surface area contributed by atoms with Gasteiger partial charge in [-0.2, -0.15) is 10.2 Å². The summed E-state index contributed by atoms with van der Waals surface area (Å²) in [5, 5.41) is 13.8. The highest BCUT2D eigenvalue weighted by Crippen LogP contribution is 2.18. The van der Waals surface area contributed by atoms with Crippen LogP contribution in [0.1, 0.15) is 33.8 Å². The molecule has 0 spiro atoms. The second kappa shape index (κ2) is 10.1. The van der Waals surface area contributed by atoms with Crippen molar-refractivity contribution in [2.24, 2.45) is 7.05 Å². The van der Waals surface area contributed by atoms with Crippen LogP contribution in [0.15, 0.2) is 62.1 Å². The SMILES string of the molecule is C=CCCCn1cc(-c2cccc(C(=O)Nc3cn(C)nc3C(=O)NCC=C)n2)cn1. The fraction of sp³-hybridized carbons (Fsp3) is 0.227. The minimum atomic E-state index is -0.439. The molecule has 0 aromatic carbocycles. The minimum absolute atomic E-state index is 0.120. The van der Waals surface area contributed by atoms with Crippen LogP contribution < -0.4 is 10.6 Å². The van der Waals surface area contributed by atoms with Crippen LogP contribution in [-0.4, -0.2) is 42.9 Å². The van der Waals surface area contributed by atoms with Gasteiger partial charge in [-0.25, -0.2) is 4.98 Å². The zero-order valence-corrected chi connectivity index (χ0v) is 17.4. The van der Waals surface area contributed by atoms with E-state index in [4.69, 9.17) is 0 Å². The normalized spacial score (nSPS) is 10.5. The predicted molar refractivity (Wildman–Crippen MR) is 119 cm³/mol. The van der Waals surface area contributed by atoms with Crippen LogP contribution >= 0.6 is 0 Å². The van der Waals surface area contributed by atoms with Gasteiger partial charge in [0.15, 0.2) is 5.69 Å². The molecule has 0 fully saturated rings. The zero-order chi connectivity index (χ0) is 22.2. The number of anilines is 1. The summed E-state index contributed by atoms with van der Waals surface area (Å²) in [7, 11) is 1.67. The smallest absolute Gasteiger partial charge is 0.274 e. The topological polar surface area (TPSA) is 107 Å². The highest BCUT2D eigenvalue weighted by molar-refractivity contribution is 6.07. The van der Waals surface area contributed by atoms with Crippen LogP contribution in [0.5, 0.6) is 0 Å². The minimum Gasteiger partial charge on any atom is -0.347 e. The molecule has 9 nitrogen and oxygen atoms in total. The second-order valence-corrected chi connectivity index (χ2v) is 6.85. The van der Waals surface area contributed by atoms with Crippen molar-refractivity contribution >= 4 is 17.5 Å². The van der Waals surface area contributed by atoms with E-state index in [2.05, 4.69) is 39.0 Å². The molecular formula is C22H25N7O2. The molecule has 0 unspecified atom stereocenters. The van der Waals surface area contributed by atoms with Crippen molar-refractivity contribution in [3.63, 3.8) is 0 Å². The van der Waals surface area contributed by atoms with E-state index >= 15 is 0 Å². The maximum Gasteiger partial charge on any atom is 0.274 e. The third-order valence-corrected chi connectivity index (χ3v) is 4.41. The molecule has 0 saturated heterocycles. The Bertz CT molecular complexity index is 1100. The number of unbranched alkanes of at least 4 members (excludes halogenated alkanes) is 1. The molecule has 3 aromatic rings. The number of rotatable bonds is 10. The molecule has 0 aliphatic carbocycles. The molecule has 3 rings (SSSR count). The summed E-state index contributed by atoms with van der Waals surface area (Å²) >= 11 is 0. The summed E-state index contributed by atoms with van der Waals surface area (Å²) in [4.78, 5) is 29.5. The average molecular weight is 419 g/mol. The Labute approximate surface area is 180 Å². The quantitative estimate of drug-likeness (QED) is 0.388. The van der Waals surface area contributed by atoms with Crippen molar-refractivity contribution in [1.29, 1.82) is 0 Å². The summed E-state index contributed by atoms with van der Waals surface area (Å²) in [5.41, 5.74) is 2.10. The van der Waals surface area contributed by atoms with E-state index in [0.29, 0.717) is 17.9 Å². The van der Waals surface area contributed by atoms with Crippen LogP contribution in [0, 0.1) is 0 Å². The maximum atomic E-state index is 12.8. The number of nitrogens with zero attached hydrogens (tertiary/aromatic N) is 5. The van der Waals surface area contributed by atoms with Gasteiger partial charge >= 0.3 is 0 Å². The molecule has 2 N–H and O–H groups in total. The van der Waals surface area contributed by atoms with Crippen molar-refractivity contribution in [2.75, 3.05) is 11.9 Å². The lowest BCUT2D eigenvalue weighted by molar-refractivity contribution is 0.0953. The number of hydrogen-bond donors (Lipinski definition) is 2. The number of aromatic nitrogens is 5. The maximum absolute atomic E-state index is 12.8. The number of hydrogen-bond acceptors (Lipinski definition) is 5. The Hall–Kier alpha value is -4.01. The Morgan fingerprint density at radius 3 is 2.77 bits per heavy atom. The van der Waals surface area contributed by atoms with E-state index in [0.717, 1.165) is 24.9 Å². The third-order valence-electron chi connectivity index (χ3n) is 4.41. The summed E-state index contributed by atoms with van der Waals surface area (Å²) in [5.74, 6) is -0.840. The highest BCUT2D eigenvalue weighted by atomic mass is 16.2. The van der Waals surface area contributed by atoms with Gasteiger partial charge in [-0.3, -0.25) is 19.0 Å². The predicted octanol–water partition coefficient (Wildman–Crippen LogP) is 2.81. The van der Waals surface area contributed by atoms with E-state index in [1.165, 1.54) is 4.68 Å². The molecule has 3 heterocycles. The first kappa shape index (κ1) is 21.7. The van der Waals surface area contributed by atoms with Crippen molar-refractivity contribution < 1.29 is 9.59 Å². The fourth-order valence-electron chi connectivity index (χ4n) is 2.92. The standard InChI is InChI=1S/C22H25N7O2/c1-4-6-7-12-29-14-16(13-24-29)17-9-8-10-18(25-17)21(30)26-19-15-28(3)27-20(19)22(31)23-11-5-2/h4-5,8-10,13-15H,1-2,6-7,11-12H2,3H3,(H,23,31)(H,26,30). The number of pyridine rings is 1. The number of aryl methyl sites for hydroxylation is 2. The van der Waals surface area contributed by atoms with Crippen LogP contribution in [0.4, 0.5) is 5.69 Å². The van der Waals surface area contributed by atoms with Gasteiger partial charge < -0.3 is 10.6 Å². The van der Waals surface area contributed by atoms with Crippen molar-refractivity contribution in [1.82, 2.24) is 29.9 Å². The van der Waals surface area contributed by atoms with Gasteiger partial charge in [-0.15, -0.1) is 13.2 Å². The van der Waals surface area contributed by atoms with Crippen molar-refractivity contribution in [3.05, 3.63) is 73.5 Å². The van der Waals surface area contributed by atoms with Gasteiger partial charge in [0.05, 0.1) is 17.6 Å². The van der Waals surface area contributed by atoms with Crippen LogP contribution in [-0.2, 0) is 13.6 Å². The molecule has 31 heavy (non-hydrogen) atoms. The van der Waals surface area contributed by atoms with E-state index in [1.807, 2.05) is 23.0 Å². The van der Waals surface area contributed by atoms with E-state index in [-0.39, 0.29) is 11.4 Å². The number of allylic oxidation sites excluding steroid dienone is 1. The Balaban J connectivity index is 1.75. The van der Waals surface area contributed by atoms with Gasteiger partial charge in [0.2, 0.25) is 0 Å². The first-order valence-corrected chi connectivity index (χ1v) is 9.86. The number of amides is 2. The lowest BCUT2D eigenvalue weighted by atomic mass is 10.2. The summed E-state index contributed by atoms with van der Waals surface area (Å²) < 4.78 is 3.31. The molecule has 0 bridgehead atoms. The van der Waals surface area contributed by atoms with E-state index in [1.54, 1.807) is 37.7 Å². The van der Waals surface area contributed by atoms with E-state index in [9.17, 15) is 9.59 Å². The molecule has 0 atom stereocenters. The van der Waals surface area contributed by atoms with Gasteiger partial charge in [0.1, 0.15) is 5.69 Å². The van der Waals surface area contributed by atoms with Gasteiger partial charge in [-0.05, 0) is 25.0 Å². The molecule has 0 saturated carbocycles. The molecule has 9 heteroatoms. The first-order chi connectivity index (χ1) is 15.0. The number of carbonyl (C=O) groups is 2. The molecule has 0 aliphatic heterocycles. The van der Waals surface area contributed by atoms with Gasteiger partial charge in [-0.1, -0.05) is 18.2 Å². The fourth-order valence-corrected chi connectivity index (χ4v) is 2.92. The van der Waals surface area contributed by atoms with Crippen molar-refractivity contribution in [3.8, 4) is 11.3 Å². The lowest BCUT2D eigenvalue weighted by Crippen LogP contribution is -2.25. The summed E-state index contributed by atoms with van der Waals surface area (Å²) in [6.45, 7) is 8.37. The number of nitrogens with one attached hydrogen (secondary N) is 2. The first-order valence-electron chi connectivity index (χ1n) is 9.86. The average Bonchev–Trinajstić information content (AvgIpc) is 3.39. The van der Waals surface area contributed by atoms with Crippen LogP contribution in [0.3, 0.4) is 0 Å². The second-order valence-electron chi connectivity index (χ2n) is 6.85.